The second-order valence-corrected chi connectivity index (χ2v) is 10.7. The van der Waals surface area contributed by atoms with Crippen LogP contribution in [0, 0.1) is 13.8 Å². The molecule has 1 aliphatic rings. The smallest absolute Gasteiger partial charge is 0.341 e. The van der Waals surface area contributed by atoms with Crippen LogP contribution >= 0.6 is 23.1 Å². The summed E-state index contributed by atoms with van der Waals surface area (Å²) in [6.07, 6.45) is 5.06. The van der Waals surface area contributed by atoms with Crippen LogP contribution in [-0.2, 0) is 36.0 Å². The van der Waals surface area contributed by atoms with Crippen LogP contribution in [-0.4, -0.2) is 39.5 Å². The van der Waals surface area contributed by atoms with Gasteiger partial charge in [0.25, 0.3) is 0 Å². The summed E-state index contributed by atoms with van der Waals surface area (Å²) in [5.74, 6) is 1.01. The molecule has 3 aromatic rings. The molecule has 0 spiro atoms. The summed E-state index contributed by atoms with van der Waals surface area (Å²) in [6.45, 7) is 4.34. The molecule has 0 aliphatic heterocycles. The van der Waals surface area contributed by atoms with Crippen molar-refractivity contribution in [1.82, 2.24) is 14.8 Å². The zero-order chi connectivity index (χ0) is 24.9. The van der Waals surface area contributed by atoms with Gasteiger partial charge in [0.05, 0.1) is 18.4 Å². The zero-order valence-electron chi connectivity index (χ0n) is 20.5. The molecule has 10 heteroatoms. The fourth-order valence-electron chi connectivity index (χ4n) is 4.20. The molecule has 4 rings (SSSR count). The number of benzene rings is 1. The maximum atomic E-state index is 12.8. The van der Waals surface area contributed by atoms with E-state index in [1.165, 1.54) is 35.1 Å². The SMILES string of the molecule is COC(=O)c1c(NC(=O)CSc2nnc(COc3cc(C)cc(C)c3)n2C)sc2c1CCCCC2. The first-order chi connectivity index (χ1) is 16.9. The second kappa shape index (κ2) is 11.3. The van der Waals surface area contributed by atoms with Crippen molar-refractivity contribution in [3.8, 4) is 5.75 Å². The highest BCUT2D eigenvalue weighted by Gasteiger charge is 2.26. The lowest BCUT2D eigenvalue weighted by molar-refractivity contribution is -0.113. The Morgan fingerprint density at radius 1 is 1.11 bits per heavy atom. The molecule has 0 unspecified atom stereocenters. The van der Waals surface area contributed by atoms with E-state index in [9.17, 15) is 9.59 Å². The molecule has 2 aromatic heterocycles. The van der Waals surface area contributed by atoms with Crippen molar-refractivity contribution in [1.29, 1.82) is 0 Å². The van der Waals surface area contributed by atoms with Crippen molar-refractivity contribution in [2.24, 2.45) is 7.05 Å². The first-order valence-corrected chi connectivity index (χ1v) is 13.4. The van der Waals surface area contributed by atoms with Gasteiger partial charge in [0.2, 0.25) is 5.91 Å². The first-order valence-electron chi connectivity index (χ1n) is 11.6. The fraction of sp³-hybridized carbons (Fsp3) is 0.440. The van der Waals surface area contributed by atoms with Crippen molar-refractivity contribution in [3.63, 3.8) is 0 Å². The number of thioether (sulfide) groups is 1. The van der Waals surface area contributed by atoms with Gasteiger partial charge in [-0.25, -0.2) is 4.79 Å². The number of esters is 1. The van der Waals surface area contributed by atoms with Gasteiger partial charge in [0, 0.05) is 11.9 Å². The number of carbonyl (C=O) groups excluding carboxylic acids is 2. The lowest BCUT2D eigenvalue weighted by atomic mass is 10.1. The third-order valence-electron chi connectivity index (χ3n) is 5.88. The van der Waals surface area contributed by atoms with E-state index >= 15 is 0 Å². The molecule has 0 atom stereocenters. The number of aryl methyl sites for hydroxylation is 3. The van der Waals surface area contributed by atoms with Crippen molar-refractivity contribution in [2.75, 3.05) is 18.2 Å². The van der Waals surface area contributed by atoms with Crippen molar-refractivity contribution < 1.29 is 19.1 Å². The van der Waals surface area contributed by atoms with Gasteiger partial charge in [0.15, 0.2) is 11.0 Å². The fourth-order valence-corrected chi connectivity index (χ4v) is 6.23. The molecule has 8 nitrogen and oxygen atoms in total. The molecule has 0 radical (unpaired) electrons. The maximum Gasteiger partial charge on any atom is 0.341 e. The highest BCUT2D eigenvalue weighted by molar-refractivity contribution is 7.99. The van der Waals surface area contributed by atoms with Crippen molar-refractivity contribution >= 4 is 40.0 Å². The van der Waals surface area contributed by atoms with Crippen LogP contribution in [0.15, 0.2) is 23.4 Å². The molecule has 1 amide bonds. The minimum Gasteiger partial charge on any atom is -0.486 e. The summed E-state index contributed by atoms with van der Waals surface area (Å²) < 4.78 is 12.7. The quantitative estimate of drug-likeness (QED) is 0.261. The highest BCUT2D eigenvalue weighted by atomic mass is 32.2. The van der Waals surface area contributed by atoms with Gasteiger partial charge >= 0.3 is 5.97 Å². The number of anilines is 1. The number of ether oxygens (including phenoxy) is 2. The predicted molar refractivity (Wildman–Crippen MR) is 138 cm³/mol. The minimum atomic E-state index is -0.394. The van der Waals surface area contributed by atoms with Crippen LogP contribution in [0.4, 0.5) is 5.00 Å². The summed E-state index contributed by atoms with van der Waals surface area (Å²) in [4.78, 5) is 26.4. The van der Waals surface area contributed by atoms with Crippen molar-refractivity contribution in [2.45, 2.75) is 57.7 Å². The van der Waals surface area contributed by atoms with E-state index in [-0.39, 0.29) is 18.3 Å². The van der Waals surface area contributed by atoms with Crippen molar-refractivity contribution in [3.05, 3.63) is 51.2 Å². The van der Waals surface area contributed by atoms with E-state index in [4.69, 9.17) is 9.47 Å². The van der Waals surface area contributed by atoms with Gasteiger partial charge in [-0.1, -0.05) is 24.2 Å². The Bertz CT molecular complexity index is 1210. The molecule has 0 saturated carbocycles. The first kappa shape index (κ1) is 25.2. The summed E-state index contributed by atoms with van der Waals surface area (Å²) in [6, 6.07) is 6.06. The minimum absolute atomic E-state index is 0.146. The monoisotopic (exact) mass is 514 g/mol. The number of aromatic nitrogens is 3. The molecule has 0 bridgehead atoms. The Morgan fingerprint density at radius 3 is 2.60 bits per heavy atom. The van der Waals surface area contributed by atoms with E-state index in [0.717, 1.165) is 54.5 Å². The average molecular weight is 515 g/mol. The second-order valence-electron chi connectivity index (χ2n) is 8.67. The Balaban J connectivity index is 1.38. The molecule has 186 valence electrons. The van der Waals surface area contributed by atoms with Crippen LogP contribution < -0.4 is 10.1 Å². The van der Waals surface area contributed by atoms with Gasteiger partial charge in [-0.3, -0.25) is 4.79 Å². The van der Waals surface area contributed by atoms with E-state index in [2.05, 4.69) is 21.6 Å². The number of hydrogen-bond acceptors (Lipinski definition) is 8. The summed E-state index contributed by atoms with van der Waals surface area (Å²) >= 11 is 2.78. The number of rotatable bonds is 8. The normalized spacial score (nSPS) is 13.1. The van der Waals surface area contributed by atoms with E-state index < -0.39 is 5.97 Å². The standard InChI is InChI=1S/C25H30N4O4S2/c1-15-10-16(2)12-17(11-15)33-13-20-27-28-25(29(20)3)34-14-21(30)26-23-22(24(31)32-4)18-8-6-5-7-9-19(18)35-23/h10-12H,5-9,13-14H2,1-4H3,(H,26,30). The number of nitrogens with one attached hydrogen (secondary N) is 1. The molecule has 0 saturated heterocycles. The number of carbonyl (C=O) groups is 2. The third-order valence-corrected chi connectivity index (χ3v) is 8.11. The molecule has 1 aromatic carbocycles. The number of nitrogens with zero attached hydrogens (tertiary/aromatic N) is 3. The van der Waals surface area contributed by atoms with Gasteiger partial charge in [-0.2, -0.15) is 0 Å². The number of fused-ring (bicyclic) bond motifs is 1. The summed E-state index contributed by atoms with van der Waals surface area (Å²) in [5.41, 5.74) is 3.82. The van der Waals surface area contributed by atoms with E-state index in [0.29, 0.717) is 21.5 Å². The summed E-state index contributed by atoms with van der Waals surface area (Å²) in [7, 11) is 3.23. The topological polar surface area (TPSA) is 95.3 Å². The van der Waals surface area contributed by atoms with E-state index in [1.807, 2.05) is 37.6 Å². The van der Waals surface area contributed by atoms with Gasteiger partial charge < -0.3 is 19.4 Å². The Labute approximate surface area is 213 Å². The van der Waals surface area contributed by atoms with Gasteiger partial charge in [-0.05, 0) is 68.4 Å². The van der Waals surface area contributed by atoms with Gasteiger partial charge in [0.1, 0.15) is 17.4 Å². The van der Waals surface area contributed by atoms with Crippen LogP contribution in [0.5, 0.6) is 5.75 Å². The summed E-state index contributed by atoms with van der Waals surface area (Å²) in [5, 5.41) is 12.6. The van der Waals surface area contributed by atoms with Crippen LogP contribution in [0.1, 0.15) is 57.0 Å². The lowest BCUT2D eigenvalue weighted by Gasteiger charge is -2.09. The molecular formula is C25H30N4O4S2. The number of methoxy groups -OCH3 is 1. The van der Waals surface area contributed by atoms with E-state index in [1.54, 1.807) is 0 Å². The third kappa shape index (κ3) is 6.05. The maximum absolute atomic E-state index is 12.8. The number of hydrogen-bond donors (Lipinski definition) is 1. The number of amides is 1. The lowest BCUT2D eigenvalue weighted by Crippen LogP contribution is -2.16. The zero-order valence-corrected chi connectivity index (χ0v) is 22.1. The Hall–Kier alpha value is -2.85. The largest absolute Gasteiger partial charge is 0.486 e. The van der Waals surface area contributed by atoms with Gasteiger partial charge in [-0.15, -0.1) is 21.5 Å². The molecule has 35 heavy (non-hydrogen) atoms. The molecule has 1 aliphatic carbocycles. The molecule has 2 heterocycles. The molecule has 1 N–H and O–H groups in total. The molecule has 0 fully saturated rings. The van der Waals surface area contributed by atoms with Crippen LogP contribution in [0.25, 0.3) is 0 Å². The van der Waals surface area contributed by atoms with Crippen LogP contribution in [0.2, 0.25) is 0 Å². The Morgan fingerprint density at radius 2 is 1.86 bits per heavy atom. The number of thiophene rings is 1. The molecular weight excluding hydrogens is 484 g/mol. The van der Waals surface area contributed by atoms with Crippen LogP contribution in [0.3, 0.4) is 0 Å². The highest BCUT2D eigenvalue weighted by Crippen LogP contribution is 2.38. The Kier molecular flexibility index (Phi) is 8.12. The predicted octanol–water partition coefficient (Wildman–Crippen LogP) is 4.86. The average Bonchev–Trinajstić information content (AvgIpc) is 3.24.